The summed E-state index contributed by atoms with van der Waals surface area (Å²) in [6.07, 6.45) is 3.80. The maximum atomic E-state index is 11.5. The highest BCUT2D eigenvalue weighted by atomic mass is 16.5. The van der Waals surface area contributed by atoms with Crippen LogP contribution in [0, 0.1) is 5.92 Å². The van der Waals surface area contributed by atoms with Crippen LogP contribution in [-0.4, -0.2) is 36.6 Å². The smallest absolute Gasteiger partial charge is 0.338 e. The van der Waals surface area contributed by atoms with Gasteiger partial charge < -0.3 is 9.47 Å². The molecule has 0 unspecified atom stereocenters. The Balaban J connectivity index is 1.65. The number of cyclic esters (lactones) is 1. The van der Waals surface area contributed by atoms with E-state index >= 15 is 0 Å². The van der Waals surface area contributed by atoms with E-state index in [0.29, 0.717) is 18.1 Å². The monoisotopic (exact) mass is 303 g/mol. The highest BCUT2D eigenvalue weighted by molar-refractivity contribution is 5.93. The Morgan fingerprint density at radius 3 is 3.05 bits per heavy atom. The highest BCUT2D eigenvalue weighted by Crippen LogP contribution is 2.26. The summed E-state index contributed by atoms with van der Waals surface area (Å²) in [4.78, 5) is 14.0. The van der Waals surface area contributed by atoms with E-state index in [0.717, 1.165) is 30.8 Å². The van der Waals surface area contributed by atoms with Crippen LogP contribution in [0.15, 0.2) is 18.2 Å². The molecule has 1 atom stereocenters. The number of ether oxygens (including phenoxy) is 2. The van der Waals surface area contributed by atoms with Gasteiger partial charge in [0.2, 0.25) is 0 Å². The van der Waals surface area contributed by atoms with E-state index in [1.54, 1.807) is 0 Å². The molecule has 2 aliphatic heterocycles. The zero-order valence-corrected chi connectivity index (χ0v) is 13.5. The summed E-state index contributed by atoms with van der Waals surface area (Å²) in [6, 6.07) is 5.67. The average molecular weight is 303 g/mol. The molecule has 0 bridgehead atoms. The molecule has 0 amide bonds. The van der Waals surface area contributed by atoms with Crippen LogP contribution in [-0.2, 0) is 11.3 Å². The van der Waals surface area contributed by atoms with E-state index in [-0.39, 0.29) is 12.1 Å². The number of nitrogens with zero attached hydrogens (tertiary/aromatic N) is 1. The molecular weight excluding hydrogens is 278 g/mol. The second-order valence-corrected chi connectivity index (χ2v) is 6.78. The zero-order valence-electron chi connectivity index (χ0n) is 13.5. The fraction of sp³-hybridized carbons (Fsp3) is 0.611. The van der Waals surface area contributed by atoms with E-state index < -0.39 is 0 Å². The molecule has 4 heteroatoms. The molecular formula is C18H25NO3. The molecule has 1 aromatic carbocycles. The van der Waals surface area contributed by atoms with Gasteiger partial charge in [-0.2, -0.15) is 0 Å². The van der Waals surface area contributed by atoms with Crippen LogP contribution >= 0.6 is 0 Å². The number of carbonyl (C=O) groups excluding carboxylic acids is 1. The first-order valence-corrected chi connectivity index (χ1v) is 8.31. The minimum Gasteiger partial charge on any atom is -0.489 e. The van der Waals surface area contributed by atoms with Gasteiger partial charge in [-0.15, -0.1) is 0 Å². The van der Waals surface area contributed by atoms with Gasteiger partial charge in [0, 0.05) is 18.7 Å². The fourth-order valence-electron chi connectivity index (χ4n) is 3.33. The lowest BCUT2D eigenvalue weighted by molar-refractivity contribution is 0.0535. The summed E-state index contributed by atoms with van der Waals surface area (Å²) < 4.78 is 11.2. The standard InChI is InChI=1S/C18H25NO3/c1-13(2)10-19-8-4-3-5-16(11-19)22-15-6-7-17-14(9-15)12-21-18(17)20/h6-7,9,13,16H,3-5,8,10-12H2,1-2H3/t16-/m1/s1. The highest BCUT2D eigenvalue weighted by Gasteiger charge is 2.23. The molecule has 120 valence electrons. The number of benzene rings is 1. The van der Waals surface area contributed by atoms with Gasteiger partial charge >= 0.3 is 5.97 Å². The molecule has 0 aliphatic carbocycles. The third-order valence-corrected chi connectivity index (χ3v) is 4.29. The molecule has 22 heavy (non-hydrogen) atoms. The minimum absolute atomic E-state index is 0.223. The van der Waals surface area contributed by atoms with Gasteiger partial charge in [-0.3, -0.25) is 4.90 Å². The van der Waals surface area contributed by atoms with Crippen molar-refractivity contribution < 1.29 is 14.3 Å². The van der Waals surface area contributed by atoms with E-state index in [1.807, 2.05) is 18.2 Å². The third-order valence-electron chi connectivity index (χ3n) is 4.29. The summed E-state index contributed by atoms with van der Waals surface area (Å²) in [5, 5.41) is 0. The predicted molar refractivity (Wildman–Crippen MR) is 85.1 cm³/mol. The Bertz CT molecular complexity index is 541. The largest absolute Gasteiger partial charge is 0.489 e. The Hall–Kier alpha value is -1.55. The lowest BCUT2D eigenvalue weighted by atomic mass is 10.1. The maximum Gasteiger partial charge on any atom is 0.338 e. The third kappa shape index (κ3) is 3.61. The van der Waals surface area contributed by atoms with Crippen molar-refractivity contribution >= 4 is 5.97 Å². The number of esters is 1. The molecule has 0 aromatic heterocycles. The second-order valence-electron chi connectivity index (χ2n) is 6.78. The number of rotatable bonds is 4. The van der Waals surface area contributed by atoms with Gasteiger partial charge in [-0.05, 0) is 49.9 Å². The van der Waals surface area contributed by atoms with Crippen molar-refractivity contribution in [1.82, 2.24) is 4.90 Å². The van der Waals surface area contributed by atoms with E-state index in [4.69, 9.17) is 9.47 Å². The molecule has 2 aliphatic rings. The van der Waals surface area contributed by atoms with Crippen LogP contribution in [0.1, 0.15) is 49.0 Å². The fourth-order valence-corrected chi connectivity index (χ4v) is 3.33. The molecule has 0 saturated carbocycles. The molecule has 1 aromatic rings. The summed E-state index contributed by atoms with van der Waals surface area (Å²) in [5.74, 6) is 1.31. The van der Waals surface area contributed by atoms with Gasteiger partial charge in [0.15, 0.2) is 0 Å². The van der Waals surface area contributed by atoms with Crippen molar-refractivity contribution in [2.45, 2.75) is 45.8 Å². The number of likely N-dealkylation sites (tertiary alicyclic amines) is 1. The van der Waals surface area contributed by atoms with Crippen LogP contribution in [0.4, 0.5) is 0 Å². The maximum absolute atomic E-state index is 11.5. The quantitative estimate of drug-likeness (QED) is 0.800. The zero-order chi connectivity index (χ0) is 15.5. The van der Waals surface area contributed by atoms with E-state index in [1.165, 1.54) is 19.4 Å². The number of fused-ring (bicyclic) bond motifs is 1. The Morgan fingerprint density at radius 2 is 2.23 bits per heavy atom. The minimum atomic E-state index is -0.223. The molecule has 1 saturated heterocycles. The Kier molecular flexibility index (Phi) is 4.67. The SMILES string of the molecule is CC(C)CN1CCCC[C@@H](Oc2ccc3c(c2)COC3=O)C1. The summed E-state index contributed by atoms with van der Waals surface area (Å²) in [5.41, 5.74) is 1.62. The van der Waals surface area contributed by atoms with Crippen LogP contribution in [0.2, 0.25) is 0 Å². The molecule has 2 heterocycles. The van der Waals surface area contributed by atoms with Gasteiger partial charge in [-0.25, -0.2) is 4.79 Å². The van der Waals surface area contributed by atoms with Gasteiger partial charge in [0.05, 0.1) is 5.56 Å². The second kappa shape index (κ2) is 6.69. The van der Waals surface area contributed by atoms with E-state index in [9.17, 15) is 4.79 Å². The molecule has 3 rings (SSSR count). The molecule has 0 radical (unpaired) electrons. The number of hydrogen-bond donors (Lipinski definition) is 0. The molecule has 0 spiro atoms. The van der Waals surface area contributed by atoms with Crippen molar-refractivity contribution in [3.8, 4) is 5.75 Å². The van der Waals surface area contributed by atoms with Crippen molar-refractivity contribution in [3.05, 3.63) is 29.3 Å². The van der Waals surface area contributed by atoms with Crippen LogP contribution in [0.3, 0.4) is 0 Å². The Morgan fingerprint density at radius 1 is 1.36 bits per heavy atom. The molecule has 1 fully saturated rings. The first kappa shape index (κ1) is 15.3. The van der Waals surface area contributed by atoms with Gasteiger partial charge in [0.25, 0.3) is 0 Å². The van der Waals surface area contributed by atoms with Crippen molar-refractivity contribution in [3.63, 3.8) is 0 Å². The lowest BCUT2D eigenvalue weighted by Gasteiger charge is -2.26. The van der Waals surface area contributed by atoms with Crippen molar-refractivity contribution in [2.24, 2.45) is 5.92 Å². The van der Waals surface area contributed by atoms with E-state index in [2.05, 4.69) is 18.7 Å². The first-order chi connectivity index (χ1) is 10.6. The lowest BCUT2D eigenvalue weighted by Crippen LogP contribution is -2.36. The van der Waals surface area contributed by atoms with Crippen molar-refractivity contribution in [1.29, 1.82) is 0 Å². The molecule has 0 N–H and O–H groups in total. The molecule has 4 nitrogen and oxygen atoms in total. The van der Waals surface area contributed by atoms with Crippen LogP contribution in [0.25, 0.3) is 0 Å². The van der Waals surface area contributed by atoms with Crippen LogP contribution in [0.5, 0.6) is 5.75 Å². The van der Waals surface area contributed by atoms with Gasteiger partial charge in [0.1, 0.15) is 18.5 Å². The Labute approximate surface area is 132 Å². The first-order valence-electron chi connectivity index (χ1n) is 8.31. The van der Waals surface area contributed by atoms with Crippen molar-refractivity contribution in [2.75, 3.05) is 19.6 Å². The predicted octanol–water partition coefficient (Wildman–Crippen LogP) is 3.25. The topological polar surface area (TPSA) is 38.8 Å². The van der Waals surface area contributed by atoms with Gasteiger partial charge in [-0.1, -0.05) is 13.8 Å². The summed E-state index contributed by atoms with van der Waals surface area (Å²) in [7, 11) is 0. The summed E-state index contributed by atoms with van der Waals surface area (Å²) >= 11 is 0. The number of carbonyl (C=O) groups is 1. The number of hydrogen-bond acceptors (Lipinski definition) is 4. The summed E-state index contributed by atoms with van der Waals surface area (Å²) in [6.45, 7) is 8.19. The normalized spacial score (nSPS) is 22.3. The average Bonchev–Trinajstić information content (AvgIpc) is 2.69. The van der Waals surface area contributed by atoms with Crippen LogP contribution < -0.4 is 4.74 Å².